The molecular formula is C62H135N5. The van der Waals surface area contributed by atoms with Crippen molar-refractivity contribution < 1.29 is 0 Å². The van der Waals surface area contributed by atoms with E-state index in [9.17, 15) is 0 Å². The quantitative estimate of drug-likeness (QED) is 0.205. The maximum Gasteiger partial charge on any atom is 0.0175 e. The molecule has 4 saturated heterocycles. The van der Waals surface area contributed by atoms with Crippen LogP contribution in [0.3, 0.4) is 0 Å². The first-order chi connectivity index (χ1) is 31.1. The van der Waals surface area contributed by atoms with E-state index in [1.165, 1.54) is 90.4 Å². The molecule has 4 atom stereocenters. The van der Waals surface area contributed by atoms with Crippen LogP contribution in [-0.4, -0.2) is 118 Å². The molecule has 408 valence electrons. The highest BCUT2D eigenvalue weighted by molar-refractivity contribution is 5.07. The first-order valence-corrected chi connectivity index (χ1v) is 29.9. The topological polar surface area (TPSA) is 16.2 Å². The minimum absolute atomic E-state index is 0.314. The first-order valence-electron chi connectivity index (χ1n) is 29.9. The van der Waals surface area contributed by atoms with Crippen molar-refractivity contribution in [3.8, 4) is 0 Å². The van der Waals surface area contributed by atoms with Crippen LogP contribution < -0.4 is 0 Å². The molecule has 0 radical (unpaired) electrons. The lowest BCUT2D eigenvalue weighted by atomic mass is 9.88. The molecule has 2 saturated carbocycles. The molecule has 0 amide bonds. The zero-order valence-corrected chi connectivity index (χ0v) is 52.7. The van der Waals surface area contributed by atoms with Crippen LogP contribution in [0.2, 0.25) is 0 Å². The van der Waals surface area contributed by atoms with E-state index in [1.807, 2.05) is 55.4 Å². The lowest BCUT2D eigenvalue weighted by Gasteiger charge is -2.41. The van der Waals surface area contributed by atoms with Crippen LogP contribution in [0, 0.1) is 40.4 Å². The molecule has 2 aliphatic carbocycles. The summed E-state index contributed by atoms with van der Waals surface area (Å²) in [7, 11) is 2.20. The maximum absolute atomic E-state index is 2.73. The smallest absolute Gasteiger partial charge is 0.0175 e. The monoisotopic (exact) mass is 950 g/mol. The minimum atomic E-state index is 0.314. The molecule has 0 bridgehead atoms. The van der Waals surface area contributed by atoms with Crippen molar-refractivity contribution in [1.29, 1.82) is 0 Å². The molecule has 6 fully saturated rings. The third kappa shape index (κ3) is 23.9. The molecule has 4 heterocycles. The lowest BCUT2D eigenvalue weighted by Crippen LogP contribution is -2.48. The SMILES string of the molecule is CC.CC.CC.CC.CC(C)C1CC2(CC2)CN1C(C)C.CC(C)C1CC2(CC2)CN1C(C)C.CC(C)C1CCCN1C(C)C.CC(C)C1CCCN1C(C)C.CC(C)N(C)C(C)(C)C(C)C. The van der Waals surface area contributed by atoms with Crippen LogP contribution in [0.25, 0.3) is 0 Å². The van der Waals surface area contributed by atoms with Crippen molar-refractivity contribution in [3.05, 3.63) is 0 Å². The Bertz CT molecular complexity index is 994. The van der Waals surface area contributed by atoms with Gasteiger partial charge in [-0.25, -0.2) is 0 Å². The van der Waals surface area contributed by atoms with Gasteiger partial charge in [-0.05, 0) is 208 Å². The van der Waals surface area contributed by atoms with E-state index in [4.69, 9.17) is 0 Å². The first kappa shape index (κ1) is 71.1. The number of hydrogen-bond acceptors (Lipinski definition) is 5. The molecule has 2 spiro atoms. The molecular weight excluding hydrogens is 815 g/mol. The van der Waals surface area contributed by atoms with Crippen molar-refractivity contribution in [2.24, 2.45) is 40.4 Å². The second kappa shape index (κ2) is 35.0. The highest BCUT2D eigenvalue weighted by Gasteiger charge is 2.53. The zero-order chi connectivity index (χ0) is 53.4. The Morgan fingerprint density at radius 2 is 0.657 bits per heavy atom. The molecule has 6 rings (SSSR count). The third-order valence-electron chi connectivity index (χ3n) is 16.6. The summed E-state index contributed by atoms with van der Waals surface area (Å²) in [4.78, 5) is 13.2. The van der Waals surface area contributed by atoms with E-state index < -0.39 is 0 Å². The van der Waals surface area contributed by atoms with Crippen LogP contribution in [0.1, 0.15) is 272 Å². The summed E-state index contributed by atoms with van der Waals surface area (Å²) < 4.78 is 0. The summed E-state index contributed by atoms with van der Waals surface area (Å²) in [5.41, 5.74) is 1.87. The van der Waals surface area contributed by atoms with Crippen LogP contribution >= 0.6 is 0 Å². The van der Waals surface area contributed by atoms with Crippen LogP contribution in [0.15, 0.2) is 0 Å². The van der Waals surface area contributed by atoms with Gasteiger partial charge in [0.1, 0.15) is 0 Å². The molecule has 67 heavy (non-hydrogen) atoms. The van der Waals surface area contributed by atoms with Crippen LogP contribution in [-0.2, 0) is 0 Å². The fourth-order valence-corrected chi connectivity index (χ4v) is 11.1. The Labute approximate surface area is 428 Å². The van der Waals surface area contributed by atoms with Crippen molar-refractivity contribution in [2.75, 3.05) is 33.2 Å². The van der Waals surface area contributed by atoms with Gasteiger partial charge in [0, 0.05) is 73.0 Å². The molecule has 0 N–H and O–H groups in total. The molecule has 4 unspecified atom stereocenters. The number of likely N-dealkylation sites (tertiary alicyclic amines) is 4. The van der Waals surface area contributed by atoms with Crippen molar-refractivity contribution in [3.63, 3.8) is 0 Å². The van der Waals surface area contributed by atoms with E-state index in [1.54, 1.807) is 0 Å². The molecule has 6 aliphatic rings. The Morgan fingerprint density at radius 3 is 0.791 bits per heavy atom. The Balaban J connectivity index is -0.000000737. The maximum atomic E-state index is 2.73. The summed E-state index contributed by atoms with van der Waals surface area (Å²) >= 11 is 0. The normalized spacial score (nSPS) is 24.1. The molecule has 4 aliphatic heterocycles. The lowest BCUT2D eigenvalue weighted by molar-refractivity contribution is 0.0756. The second-order valence-electron chi connectivity index (χ2n) is 24.6. The van der Waals surface area contributed by atoms with E-state index in [2.05, 4.69) is 184 Å². The Kier molecular flexibility index (Phi) is 37.2. The van der Waals surface area contributed by atoms with E-state index in [-0.39, 0.29) is 0 Å². The van der Waals surface area contributed by atoms with Crippen molar-refractivity contribution >= 4 is 0 Å². The van der Waals surface area contributed by atoms with Gasteiger partial charge in [0.25, 0.3) is 0 Å². The summed E-state index contributed by atoms with van der Waals surface area (Å²) in [6.07, 6.45) is 14.6. The van der Waals surface area contributed by atoms with Gasteiger partial charge >= 0.3 is 0 Å². The summed E-state index contributed by atoms with van der Waals surface area (Å²) in [5, 5.41) is 0. The van der Waals surface area contributed by atoms with Gasteiger partial charge in [-0.15, -0.1) is 0 Å². The van der Waals surface area contributed by atoms with Gasteiger partial charge in [0.2, 0.25) is 0 Å². The van der Waals surface area contributed by atoms with Crippen molar-refractivity contribution in [1.82, 2.24) is 24.5 Å². The summed E-state index contributed by atoms with van der Waals surface area (Å²) in [6, 6.07) is 7.04. The van der Waals surface area contributed by atoms with Crippen molar-refractivity contribution in [2.45, 2.75) is 332 Å². The van der Waals surface area contributed by atoms with E-state index in [0.29, 0.717) is 17.5 Å². The molecule has 0 aromatic heterocycles. The van der Waals surface area contributed by atoms with Gasteiger partial charge in [0.15, 0.2) is 0 Å². The minimum Gasteiger partial charge on any atom is -0.299 e. The van der Waals surface area contributed by atoms with E-state index in [0.717, 1.165) is 82.8 Å². The number of hydrogen-bond donors (Lipinski definition) is 0. The Hall–Kier alpha value is -0.200. The highest BCUT2D eigenvalue weighted by Crippen LogP contribution is 2.57. The molecule has 5 nitrogen and oxygen atoms in total. The van der Waals surface area contributed by atoms with Gasteiger partial charge in [-0.2, -0.15) is 0 Å². The standard InChI is InChI=1S/2C12H23N.2C10H21N.C10H23N.4C2H6/c2*1-9(2)11-7-12(5-6-12)8-13(11)10(3)4;2*1-8(2)10-6-5-7-11(10)9(3)4;1-8(2)10(5,6)11(7)9(3)4;4*1-2/h2*9-11H,5-8H2,1-4H3;2*8-10H,5-7H2,1-4H3;8-9H,1-7H3;4*1-2H3. The average molecular weight is 951 g/mol. The molecule has 0 aromatic carbocycles. The van der Waals surface area contributed by atoms with Gasteiger partial charge < -0.3 is 0 Å². The zero-order valence-electron chi connectivity index (χ0n) is 52.7. The predicted molar refractivity (Wildman–Crippen MR) is 310 cm³/mol. The van der Waals surface area contributed by atoms with Crippen LogP contribution in [0.4, 0.5) is 0 Å². The van der Waals surface area contributed by atoms with Gasteiger partial charge in [0.05, 0.1) is 0 Å². The average Bonchev–Trinajstić information content (AvgIpc) is 3.82. The molecule has 0 aromatic rings. The summed E-state index contributed by atoms with van der Waals surface area (Å²) in [5.74, 6) is 4.04. The van der Waals surface area contributed by atoms with Gasteiger partial charge in [-0.3, -0.25) is 24.5 Å². The van der Waals surface area contributed by atoms with Crippen LogP contribution in [0.5, 0.6) is 0 Å². The van der Waals surface area contributed by atoms with E-state index >= 15 is 0 Å². The number of rotatable bonds is 11. The predicted octanol–water partition coefficient (Wildman–Crippen LogP) is 17.7. The van der Waals surface area contributed by atoms with Gasteiger partial charge in [-0.1, -0.05) is 125 Å². The highest BCUT2D eigenvalue weighted by atomic mass is 15.2. The number of nitrogens with zero attached hydrogens (tertiary/aromatic N) is 5. The fourth-order valence-electron chi connectivity index (χ4n) is 11.1. The molecule has 5 heteroatoms. The fraction of sp³-hybridized carbons (Fsp3) is 1.00. The Morgan fingerprint density at radius 1 is 0.403 bits per heavy atom. The summed E-state index contributed by atoms with van der Waals surface area (Å²) in [6.45, 7) is 72.5. The second-order valence-corrected chi connectivity index (χ2v) is 24.6. The third-order valence-corrected chi connectivity index (χ3v) is 16.6. The largest absolute Gasteiger partial charge is 0.299 e.